The van der Waals surface area contributed by atoms with Crippen molar-refractivity contribution in [1.29, 1.82) is 0 Å². The van der Waals surface area contributed by atoms with Gasteiger partial charge >= 0.3 is 5.97 Å². The molecule has 92 valence electrons. The van der Waals surface area contributed by atoms with Gasteiger partial charge in [0.25, 0.3) is 0 Å². The Kier molecular flexibility index (Phi) is 4.73. The van der Waals surface area contributed by atoms with E-state index in [9.17, 15) is 9.59 Å². The number of nitrogens with zero attached hydrogens (tertiary/aromatic N) is 1. The summed E-state index contributed by atoms with van der Waals surface area (Å²) >= 11 is 0. The average molecular weight is 228 g/mol. The van der Waals surface area contributed by atoms with Crippen molar-refractivity contribution in [3.05, 3.63) is 0 Å². The van der Waals surface area contributed by atoms with Gasteiger partial charge in [0, 0.05) is 13.1 Å². The molecule has 1 aliphatic heterocycles. The minimum absolute atomic E-state index is 0.0395. The number of nitrogens with two attached hydrogens (primary N) is 1. The second-order valence-corrected chi connectivity index (χ2v) is 4.14. The molecule has 2 N–H and O–H groups in total. The molecule has 5 nitrogen and oxygen atoms in total. The number of hydrogen-bond donors (Lipinski definition) is 1. The number of rotatable bonds is 3. The molecule has 0 aromatic rings. The van der Waals surface area contributed by atoms with E-state index in [0.717, 1.165) is 0 Å². The minimum atomic E-state index is -0.459. The summed E-state index contributed by atoms with van der Waals surface area (Å²) in [5, 5.41) is 0. The van der Waals surface area contributed by atoms with Crippen LogP contribution in [0.5, 0.6) is 0 Å². The fourth-order valence-corrected chi connectivity index (χ4v) is 1.88. The van der Waals surface area contributed by atoms with Gasteiger partial charge in [-0.25, -0.2) is 0 Å². The van der Waals surface area contributed by atoms with E-state index in [1.807, 2.05) is 0 Å². The molecule has 0 aromatic carbocycles. The average Bonchev–Trinajstić information content (AvgIpc) is 2.28. The van der Waals surface area contributed by atoms with Gasteiger partial charge in [-0.05, 0) is 26.7 Å². The SMILES string of the molecule is CCOC(=O)C1CCN(C(=O)[C@H](C)N)CC1. The lowest BCUT2D eigenvalue weighted by atomic mass is 9.96. The number of carbonyl (C=O) groups is 2. The number of carbonyl (C=O) groups excluding carboxylic acids is 2. The number of ether oxygens (including phenoxy) is 1. The van der Waals surface area contributed by atoms with Crippen LogP contribution in [0.2, 0.25) is 0 Å². The predicted molar refractivity (Wildman–Crippen MR) is 59.6 cm³/mol. The van der Waals surface area contributed by atoms with Gasteiger partial charge in [-0.1, -0.05) is 0 Å². The molecule has 0 aromatic heterocycles. The maximum Gasteiger partial charge on any atom is 0.309 e. The van der Waals surface area contributed by atoms with Gasteiger partial charge < -0.3 is 15.4 Å². The highest BCUT2D eigenvalue weighted by Crippen LogP contribution is 2.18. The fourth-order valence-electron chi connectivity index (χ4n) is 1.88. The van der Waals surface area contributed by atoms with Crippen LogP contribution in [0.3, 0.4) is 0 Å². The first-order chi connectivity index (χ1) is 7.56. The van der Waals surface area contributed by atoms with E-state index in [1.54, 1.807) is 18.7 Å². The van der Waals surface area contributed by atoms with E-state index in [4.69, 9.17) is 10.5 Å². The lowest BCUT2D eigenvalue weighted by Crippen LogP contribution is -2.46. The summed E-state index contributed by atoms with van der Waals surface area (Å²) in [7, 11) is 0. The van der Waals surface area contributed by atoms with E-state index in [1.165, 1.54) is 0 Å². The van der Waals surface area contributed by atoms with Crippen LogP contribution in [-0.2, 0) is 14.3 Å². The van der Waals surface area contributed by atoms with E-state index >= 15 is 0 Å². The van der Waals surface area contributed by atoms with Crippen molar-refractivity contribution in [3.8, 4) is 0 Å². The summed E-state index contributed by atoms with van der Waals surface area (Å²) in [6, 6.07) is -0.459. The molecule has 0 saturated carbocycles. The number of piperidine rings is 1. The third-order valence-electron chi connectivity index (χ3n) is 2.82. The van der Waals surface area contributed by atoms with Crippen LogP contribution in [0.4, 0.5) is 0 Å². The van der Waals surface area contributed by atoms with Gasteiger partial charge in [-0.15, -0.1) is 0 Å². The Morgan fingerprint density at radius 2 is 2.00 bits per heavy atom. The van der Waals surface area contributed by atoms with Gasteiger partial charge in [0.15, 0.2) is 0 Å². The summed E-state index contributed by atoms with van der Waals surface area (Å²) in [5.74, 6) is -0.241. The molecule has 0 bridgehead atoms. The molecular formula is C11H20N2O3. The van der Waals surface area contributed by atoms with Crippen LogP contribution in [0, 0.1) is 5.92 Å². The molecule has 0 radical (unpaired) electrons. The zero-order valence-electron chi connectivity index (χ0n) is 9.94. The van der Waals surface area contributed by atoms with E-state index in [0.29, 0.717) is 32.5 Å². The Balaban J connectivity index is 2.39. The Morgan fingerprint density at radius 3 is 2.44 bits per heavy atom. The first kappa shape index (κ1) is 13.0. The van der Waals surface area contributed by atoms with Crippen LogP contribution in [-0.4, -0.2) is 42.5 Å². The van der Waals surface area contributed by atoms with Crippen molar-refractivity contribution in [2.45, 2.75) is 32.7 Å². The highest BCUT2D eigenvalue weighted by atomic mass is 16.5. The van der Waals surface area contributed by atoms with Gasteiger partial charge in [-0.3, -0.25) is 9.59 Å². The Hall–Kier alpha value is -1.10. The number of likely N-dealkylation sites (tertiary alicyclic amines) is 1. The maximum absolute atomic E-state index is 11.6. The Labute approximate surface area is 95.9 Å². The minimum Gasteiger partial charge on any atom is -0.466 e. The number of esters is 1. The molecule has 16 heavy (non-hydrogen) atoms. The molecule has 0 aliphatic carbocycles. The van der Waals surface area contributed by atoms with Crippen LogP contribution >= 0.6 is 0 Å². The van der Waals surface area contributed by atoms with Gasteiger partial charge in [0.1, 0.15) is 0 Å². The van der Waals surface area contributed by atoms with Gasteiger partial charge in [0.2, 0.25) is 5.91 Å². The molecule has 1 aliphatic rings. The monoisotopic (exact) mass is 228 g/mol. The smallest absolute Gasteiger partial charge is 0.309 e. The zero-order chi connectivity index (χ0) is 12.1. The van der Waals surface area contributed by atoms with Gasteiger partial charge in [0.05, 0.1) is 18.6 Å². The van der Waals surface area contributed by atoms with Crippen molar-refractivity contribution in [2.75, 3.05) is 19.7 Å². The van der Waals surface area contributed by atoms with Crippen molar-refractivity contribution >= 4 is 11.9 Å². The third-order valence-corrected chi connectivity index (χ3v) is 2.82. The summed E-state index contributed by atoms with van der Waals surface area (Å²) in [6.07, 6.45) is 1.36. The molecule has 1 fully saturated rings. The molecule has 1 atom stereocenters. The first-order valence-corrected chi connectivity index (χ1v) is 5.77. The largest absolute Gasteiger partial charge is 0.466 e. The van der Waals surface area contributed by atoms with Crippen molar-refractivity contribution in [2.24, 2.45) is 11.7 Å². The maximum atomic E-state index is 11.6. The fraction of sp³-hybridized carbons (Fsp3) is 0.818. The first-order valence-electron chi connectivity index (χ1n) is 5.77. The third kappa shape index (κ3) is 3.20. The second-order valence-electron chi connectivity index (χ2n) is 4.14. The summed E-state index contributed by atoms with van der Waals surface area (Å²) < 4.78 is 4.96. The summed E-state index contributed by atoms with van der Waals surface area (Å²) in [4.78, 5) is 24.8. The van der Waals surface area contributed by atoms with Crippen LogP contribution in [0.25, 0.3) is 0 Å². The van der Waals surface area contributed by atoms with E-state index in [2.05, 4.69) is 0 Å². The quantitative estimate of drug-likeness (QED) is 0.697. The number of hydrogen-bond acceptors (Lipinski definition) is 4. The van der Waals surface area contributed by atoms with E-state index in [-0.39, 0.29) is 17.8 Å². The van der Waals surface area contributed by atoms with Crippen molar-refractivity contribution < 1.29 is 14.3 Å². The van der Waals surface area contributed by atoms with E-state index < -0.39 is 6.04 Å². The van der Waals surface area contributed by atoms with Crippen LogP contribution in [0.15, 0.2) is 0 Å². The normalized spacial score (nSPS) is 19.3. The Bertz CT molecular complexity index is 258. The predicted octanol–water partition coefficient (Wildman–Crippen LogP) is 0.135. The summed E-state index contributed by atoms with van der Waals surface area (Å²) in [6.45, 7) is 5.10. The molecular weight excluding hydrogens is 208 g/mol. The standard InChI is InChI=1S/C11H20N2O3/c1-3-16-11(15)9-4-6-13(7-5-9)10(14)8(2)12/h8-9H,3-7,12H2,1-2H3/t8-/m0/s1. The van der Waals surface area contributed by atoms with Crippen molar-refractivity contribution in [3.63, 3.8) is 0 Å². The molecule has 5 heteroatoms. The van der Waals surface area contributed by atoms with Gasteiger partial charge in [-0.2, -0.15) is 0 Å². The second kappa shape index (κ2) is 5.84. The molecule has 0 unspecified atom stereocenters. The lowest BCUT2D eigenvalue weighted by Gasteiger charge is -2.31. The highest BCUT2D eigenvalue weighted by Gasteiger charge is 2.28. The molecule has 1 heterocycles. The zero-order valence-corrected chi connectivity index (χ0v) is 9.94. The highest BCUT2D eigenvalue weighted by molar-refractivity contribution is 5.81. The topological polar surface area (TPSA) is 72.6 Å². The lowest BCUT2D eigenvalue weighted by molar-refractivity contribution is -0.151. The summed E-state index contributed by atoms with van der Waals surface area (Å²) in [5.41, 5.74) is 5.53. The molecule has 1 saturated heterocycles. The van der Waals surface area contributed by atoms with Crippen LogP contribution in [0.1, 0.15) is 26.7 Å². The van der Waals surface area contributed by atoms with Crippen LogP contribution < -0.4 is 5.73 Å². The molecule has 1 amide bonds. The molecule has 1 rings (SSSR count). The number of amides is 1. The Morgan fingerprint density at radius 1 is 1.44 bits per heavy atom. The van der Waals surface area contributed by atoms with Crippen molar-refractivity contribution in [1.82, 2.24) is 4.90 Å². The molecule has 0 spiro atoms.